The summed E-state index contributed by atoms with van der Waals surface area (Å²) >= 11 is 0. The van der Waals surface area contributed by atoms with E-state index in [4.69, 9.17) is 5.11 Å². The number of rotatable bonds is 6. The first kappa shape index (κ1) is 14.6. The highest BCUT2D eigenvalue weighted by Crippen LogP contribution is 2.12. The van der Waals surface area contributed by atoms with E-state index in [1.54, 1.807) is 0 Å². The maximum atomic E-state index is 10.4. The third-order valence-corrected chi connectivity index (χ3v) is 2.97. The van der Waals surface area contributed by atoms with Gasteiger partial charge in [-0.15, -0.1) is 12.4 Å². The lowest BCUT2D eigenvalue weighted by Gasteiger charge is -2.05. The topological polar surface area (TPSA) is 41.7 Å². The molecule has 0 atom stereocenters. The fourth-order valence-corrected chi connectivity index (χ4v) is 2.09. The van der Waals surface area contributed by atoms with E-state index in [2.05, 4.69) is 34.9 Å². The molecule has 1 N–H and O–H groups in total. The van der Waals surface area contributed by atoms with Crippen molar-refractivity contribution in [2.75, 3.05) is 0 Å². The van der Waals surface area contributed by atoms with E-state index < -0.39 is 5.97 Å². The van der Waals surface area contributed by atoms with Crippen LogP contribution >= 0.6 is 12.4 Å². The maximum Gasteiger partial charge on any atom is 0.303 e. The van der Waals surface area contributed by atoms with Gasteiger partial charge in [0, 0.05) is 23.8 Å². The summed E-state index contributed by atoms with van der Waals surface area (Å²) in [6, 6.07) is 10.4. The highest BCUT2D eigenvalue weighted by atomic mass is 35.5. The van der Waals surface area contributed by atoms with Crippen molar-refractivity contribution < 1.29 is 9.90 Å². The third-order valence-electron chi connectivity index (χ3n) is 2.97. The number of aromatic nitrogens is 1. The van der Waals surface area contributed by atoms with Crippen molar-refractivity contribution in [3.05, 3.63) is 42.2 Å². The largest absolute Gasteiger partial charge is 0.481 e. The van der Waals surface area contributed by atoms with E-state index >= 15 is 0 Å². The molecule has 98 valence electrons. The Bertz CT molecular complexity index is 507. The Morgan fingerprint density at radius 3 is 2.67 bits per heavy atom. The zero-order valence-electron chi connectivity index (χ0n) is 10.2. The molecule has 0 fully saturated rings. The van der Waals surface area contributed by atoms with Crippen molar-refractivity contribution in [3.63, 3.8) is 0 Å². The quantitative estimate of drug-likeness (QED) is 0.814. The van der Waals surface area contributed by atoms with Crippen molar-refractivity contribution >= 4 is 23.9 Å². The number of pyridine rings is 1. The minimum atomic E-state index is -0.697. The number of fused-ring (bicyclic) bond motifs is 1. The molecule has 0 aliphatic carbocycles. The van der Waals surface area contributed by atoms with Crippen LogP contribution in [0.25, 0.3) is 5.52 Å². The lowest BCUT2D eigenvalue weighted by atomic mass is 10.1. The Labute approximate surface area is 113 Å². The second-order valence-corrected chi connectivity index (χ2v) is 4.27. The summed E-state index contributed by atoms with van der Waals surface area (Å²) < 4.78 is 2.19. The normalized spacial score (nSPS) is 10.2. The number of carboxylic acids is 1. The Balaban J connectivity index is 0.00000162. The molecule has 0 spiro atoms. The van der Waals surface area contributed by atoms with Gasteiger partial charge in [0.2, 0.25) is 0 Å². The summed E-state index contributed by atoms with van der Waals surface area (Å²) in [4.78, 5) is 10.4. The van der Waals surface area contributed by atoms with Gasteiger partial charge < -0.3 is 9.51 Å². The molecule has 2 rings (SSSR count). The van der Waals surface area contributed by atoms with Crippen LogP contribution in [0.4, 0.5) is 0 Å². The molecular weight excluding hydrogens is 250 g/mol. The molecule has 18 heavy (non-hydrogen) atoms. The van der Waals surface area contributed by atoms with Crippen LogP contribution in [0.1, 0.15) is 31.4 Å². The molecule has 2 aromatic heterocycles. The minimum absolute atomic E-state index is 0. The van der Waals surface area contributed by atoms with Crippen LogP contribution in [0.5, 0.6) is 0 Å². The number of halogens is 1. The van der Waals surface area contributed by atoms with E-state index in [0.29, 0.717) is 0 Å². The molecule has 0 amide bonds. The number of carbonyl (C=O) groups is 1. The molecule has 0 saturated carbocycles. The number of unbranched alkanes of at least 4 members (excludes halogenated alkanes) is 2. The Morgan fingerprint density at radius 1 is 1.11 bits per heavy atom. The molecule has 4 heteroatoms. The summed E-state index contributed by atoms with van der Waals surface area (Å²) in [5, 5.41) is 8.54. The van der Waals surface area contributed by atoms with E-state index in [9.17, 15) is 4.79 Å². The van der Waals surface area contributed by atoms with E-state index in [0.717, 1.165) is 25.7 Å². The van der Waals surface area contributed by atoms with Crippen LogP contribution in [0.2, 0.25) is 0 Å². The van der Waals surface area contributed by atoms with E-state index in [1.807, 2.05) is 6.07 Å². The highest BCUT2D eigenvalue weighted by molar-refractivity contribution is 5.85. The van der Waals surface area contributed by atoms with Crippen LogP contribution < -0.4 is 0 Å². The van der Waals surface area contributed by atoms with Gasteiger partial charge in [-0.3, -0.25) is 4.79 Å². The first-order valence-corrected chi connectivity index (χ1v) is 6.04. The fraction of sp³-hybridized carbons (Fsp3) is 0.357. The molecule has 0 aliphatic heterocycles. The monoisotopic (exact) mass is 267 g/mol. The minimum Gasteiger partial charge on any atom is -0.481 e. The number of aliphatic carboxylic acids is 1. The molecule has 2 aromatic rings. The van der Waals surface area contributed by atoms with Gasteiger partial charge in [-0.05, 0) is 43.5 Å². The lowest BCUT2D eigenvalue weighted by molar-refractivity contribution is -0.137. The van der Waals surface area contributed by atoms with Crippen LogP contribution in [0.15, 0.2) is 36.5 Å². The lowest BCUT2D eigenvalue weighted by Crippen LogP contribution is -1.97. The molecule has 0 radical (unpaired) electrons. The zero-order chi connectivity index (χ0) is 12.1. The van der Waals surface area contributed by atoms with Gasteiger partial charge in [-0.25, -0.2) is 0 Å². The third kappa shape index (κ3) is 3.77. The second-order valence-electron chi connectivity index (χ2n) is 4.27. The molecule has 0 bridgehead atoms. The van der Waals surface area contributed by atoms with Crippen molar-refractivity contribution in [1.82, 2.24) is 4.40 Å². The van der Waals surface area contributed by atoms with Gasteiger partial charge >= 0.3 is 5.97 Å². The zero-order valence-corrected chi connectivity index (χ0v) is 11.0. The average Bonchev–Trinajstić information content (AvgIpc) is 2.77. The van der Waals surface area contributed by atoms with E-state index in [1.165, 1.54) is 11.2 Å². The number of carboxylic acid groups (broad SMARTS) is 1. The molecule has 0 saturated heterocycles. The standard InChI is InChI=1S/C14H17NO2.ClH/c16-14(17)10-3-1-2-6-12-7-4-8-13-9-5-11-15(12)13;/h4-5,7-9,11H,1-3,6,10H2,(H,16,17);1H. The highest BCUT2D eigenvalue weighted by Gasteiger charge is 2.00. The van der Waals surface area contributed by atoms with Crippen molar-refractivity contribution in [3.8, 4) is 0 Å². The van der Waals surface area contributed by atoms with Crippen LogP contribution in [0, 0.1) is 0 Å². The molecule has 0 aromatic carbocycles. The van der Waals surface area contributed by atoms with Gasteiger partial charge in [0.1, 0.15) is 0 Å². The fourth-order valence-electron chi connectivity index (χ4n) is 2.09. The van der Waals surface area contributed by atoms with E-state index in [-0.39, 0.29) is 18.8 Å². The maximum absolute atomic E-state index is 10.4. The smallest absolute Gasteiger partial charge is 0.303 e. The Morgan fingerprint density at radius 2 is 1.89 bits per heavy atom. The Kier molecular flexibility index (Phi) is 5.72. The second kappa shape index (κ2) is 7.07. The van der Waals surface area contributed by atoms with Gasteiger partial charge in [0.05, 0.1) is 0 Å². The van der Waals surface area contributed by atoms with Crippen LogP contribution in [-0.2, 0) is 11.2 Å². The predicted molar refractivity (Wildman–Crippen MR) is 74.5 cm³/mol. The number of nitrogens with zero attached hydrogens (tertiary/aromatic N) is 1. The SMILES string of the molecule is Cl.O=C(O)CCCCCc1cccc2cccn12. The van der Waals surface area contributed by atoms with Gasteiger partial charge in [0.15, 0.2) is 0 Å². The molecule has 0 unspecified atom stereocenters. The number of hydrogen-bond donors (Lipinski definition) is 1. The first-order chi connectivity index (χ1) is 8.27. The number of hydrogen-bond acceptors (Lipinski definition) is 1. The molecule has 0 aliphatic rings. The summed E-state index contributed by atoms with van der Waals surface area (Å²) in [6.07, 6.45) is 6.16. The van der Waals surface area contributed by atoms with Crippen molar-refractivity contribution in [1.29, 1.82) is 0 Å². The van der Waals surface area contributed by atoms with Gasteiger partial charge in [-0.1, -0.05) is 12.5 Å². The van der Waals surface area contributed by atoms with Crippen LogP contribution in [-0.4, -0.2) is 15.5 Å². The molecular formula is C14H18ClNO2. The molecule has 3 nitrogen and oxygen atoms in total. The van der Waals surface area contributed by atoms with Crippen molar-refractivity contribution in [2.45, 2.75) is 32.1 Å². The summed E-state index contributed by atoms with van der Waals surface area (Å²) in [7, 11) is 0. The van der Waals surface area contributed by atoms with Crippen molar-refractivity contribution in [2.24, 2.45) is 0 Å². The summed E-state index contributed by atoms with van der Waals surface area (Å²) in [6.45, 7) is 0. The van der Waals surface area contributed by atoms with Crippen LogP contribution in [0.3, 0.4) is 0 Å². The number of aryl methyl sites for hydroxylation is 1. The van der Waals surface area contributed by atoms with Gasteiger partial charge in [0.25, 0.3) is 0 Å². The predicted octanol–water partition coefficient (Wildman–Crippen LogP) is 3.55. The van der Waals surface area contributed by atoms with Gasteiger partial charge in [-0.2, -0.15) is 0 Å². The average molecular weight is 268 g/mol. The first-order valence-electron chi connectivity index (χ1n) is 6.04. The summed E-state index contributed by atoms with van der Waals surface area (Å²) in [5.74, 6) is -0.697. The Hall–Kier alpha value is -1.48. The summed E-state index contributed by atoms with van der Waals surface area (Å²) in [5.41, 5.74) is 2.51. The molecule has 2 heterocycles.